The van der Waals surface area contributed by atoms with Gasteiger partial charge in [-0.3, -0.25) is 9.10 Å². The minimum Gasteiger partial charge on any atom is -0.327 e. The number of carbonyl (C=O) groups is 1. The number of sulfonamides is 1. The van der Waals surface area contributed by atoms with Gasteiger partial charge in [-0.25, -0.2) is 4.98 Å². The summed E-state index contributed by atoms with van der Waals surface area (Å²) in [6.07, 6.45) is 3.48. The predicted molar refractivity (Wildman–Crippen MR) is 111 cm³/mol. The van der Waals surface area contributed by atoms with Gasteiger partial charge in [0.25, 0.3) is 10.0 Å². The van der Waals surface area contributed by atoms with Gasteiger partial charge < -0.3 is 9.47 Å². The summed E-state index contributed by atoms with van der Waals surface area (Å²) in [5, 5.41) is -0.0556. The molecule has 7 nitrogen and oxygen atoms in total. The summed E-state index contributed by atoms with van der Waals surface area (Å²) in [7, 11) is -2.07. The number of imidazole rings is 1. The number of nitrogens with zero attached hydrogens (tertiary/aromatic N) is 4. The van der Waals surface area contributed by atoms with Gasteiger partial charge in [-0.2, -0.15) is 8.42 Å². The van der Waals surface area contributed by atoms with Crippen LogP contribution in [0, 0.1) is 6.92 Å². The second-order valence-corrected chi connectivity index (χ2v) is 8.94. The molecular weight excluding hydrogens is 388 g/mol. The Balaban J connectivity index is 1.51. The van der Waals surface area contributed by atoms with Crippen LogP contribution >= 0.6 is 0 Å². The molecule has 4 rings (SSSR count). The fourth-order valence-corrected chi connectivity index (χ4v) is 4.85. The van der Waals surface area contributed by atoms with Crippen molar-refractivity contribution < 1.29 is 13.2 Å². The van der Waals surface area contributed by atoms with Crippen LogP contribution in [0.2, 0.25) is 0 Å². The number of aromatic nitrogens is 2. The van der Waals surface area contributed by atoms with Crippen molar-refractivity contribution in [1.82, 2.24) is 9.55 Å². The van der Waals surface area contributed by atoms with Gasteiger partial charge in [0.2, 0.25) is 5.91 Å². The van der Waals surface area contributed by atoms with Crippen molar-refractivity contribution in [1.29, 1.82) is 0 Å². The molecule has 0 saturated carbocycles. The van der Waals surface area contributed by atoms with E-state index < -0.39 is 10.0 Å². The van der Waals surface area contributed by atoms with Gasteiger partial charge in [-0.1, -0.05) is 35.9 Å². The van der Waals surface area contributed by atoms with Gasteiger partial charge in [-0.05, 0) is 37.1 Å². The maximum Gasteiger partial charge on any atom is 0.283 e. The summed E-state index contributed by atoms with van der Waals surface area (Å²) in [6.45, 7) is 2.38. The Morgan fingerprint density at radius 3 is 2.62 bits per heavy atom. The molecule has 0 atom stereocenters. The van der Waals surface area contributed by atoms with Crippen LogP contribution in [0.3, 0.4) is 0 Å². The molecule has 29 heavy (non-hydrogen) atoms. The van der Waals surface area contributed by atoms with Gasteiger partial charge in [0.05, 0.1) is 12.0 Å². The molecule has 3 aromatic rings. The van der Waals surface area contributed by atoms with Gasteiger partial charge in [0, 0.05) is 25.5 Å². The van der Waals surface area contributed by atoms with E-state index in [0.29, 0.717) is 18.7 Å². The molecule has 1 amide bonds. The van der Waals surface area contributed by atoms with Crippen molar-refractivity contribution >= 4 is 27.3 Å². The second-order valence-electron chi connectivity index (χ2n) is 7.13. The molecule has 0 spiro atoms. The summed E-state index contributed by atoms with van der Waals surface area (Å²) >= 11 is 0. The zero-order chi connectivity index (χ0) is 20.6. The normalized spacial score (nSPS) is 13.4. The summed E-state index contributed by atoms with van der Waals surface area (Å²) < 4.78 is 29.0. The number of para-hydroxylation sites is 1. The maximum atomic E-state index is 13.0. The highest BCUT2D eigenvalue weighted by Gasteiger charge is 2.32. The quantitative estimate of drug-likeness (QED) is 0.648. The van der Waals surface area contributed by atoms with Crippen LogP contribution in [0.5, 0.6) is 0 Å². The first-order chi connectivity index (χ1) is 13.9. The van der Waals surface area contributed by atoms with Crippen molar-refractivity contribution in [2.24, 2.45) is 0 Å². The van der Waals surface area contributed by atoms with Crippen molar-refractivity contribution in [3.05, 3.63) is 72.2 Å². The van der Waals surface area contributed by atoms with Gasteiger partial charge in [0.15, 0.2) is 5.03 Å². The first-order valence-corrected chi connectivity index (χ1v) is 10.8. The zero-order valence-corrected chi connectivity index (χ0v) is 17.1. The van der Waals surface area contributed by atoms with E-state index in [-0.39, 0.29) is 17.5 Å². The minimum atomic E-state index is -3.77. The van der Waals surface area contributed by atoms with Crippen LogP contribution in [-0.2, 0) is 27.8 Å². The van der Waals surface area contributed by atoms with Crippen LogP contribution in [0.25, 0.3) is 0 Å². The van der Waals surface area contributed by atoms with Crippen LogP contribution in [0.4, 0.5) is 11.4 Å². The molecule has 0 fully saturated rings. The molecule has 0 saturated heterocycles. The van der Waals surface area contributed by atoms with Crippen molar-refractivity contribution in [3.8, 4) is 0 Å². The van der Waals surface area contributed by atoms with E-state index in [1.54, 1.807) is 18.0 Å². The average Bonchev–Trinajstić information content (AvgIpc) is 3.35. The number of benzene rings is 2. The van der Waals surface area contributed by atoms with E-state index >= 15 is 0 Å². The summed E-state index contributed by atoms with van der Waals surface area (Å²) in [6, 6.07) is 15.1. The number of aryl methyl sites for hydroxylation is 1. The number of anilines is 2. The second kappa shape index (κ2) is 7.36. The Hall–Kier alpha value is -3.13. The molecule has 0 unspecified atom stereocenters. The van der Waals surface area contributed by atoms with E-state index in [1.807, 2.05) is 49.4 Å². The lowest BCUT2D eigenvalue weighted by Crippen LogP contribution is -2.30. The summed E-state index contributed by atoms with van der Waals surface area (Å²) in [5.41, 5.74) is 3.59. The van der Waals surface area contributed by atoms with E-state index in [9.17, 15) is 13.2 Å². The number of carbonyl (C=O) groups excluding carboxylic acids is 1. The van der Waals surface area contributed by atoms with Gasteiger partial charge in [-0.15, -0.1) is 0 Å². The number of likely N-dealkylation sites (N-methyl/N-ethyl adjacent to an activating group) is 1. The van der Waals surface area contributed by atoms with E-state index in [1.165, 1.54) is 21.4 Å². The van der Waals surface area contributed by atoms with E-state index in [4.69, 9.17) is 0 Å². The lowest BCUT2D eigenvalue weighted by molar-refractivity contribution is -0.118. The Morgan fingerprint density at radius 1 is 1.14 bits per heavy atom. The Bertz CT molecular complexity index is 1150. The van der Waals surface area contributed by atoms with Crippen LogP contribution in [-0.4, -0.2) is 37.5 Å². The lowest BCUT2D eigenvalue weighted by atomic mass is 10.2. The third-order valence-electron chi connectivity index (χ3n) is 5.12. The molecule has 0 aliphatic carbocycles. The molecule has 150 valence electrons. The third-order valence-corrected chi connectivity index (χ3v) is 6.82. The monoisotopic (exact) mass is 410 g/mol. The number of hydrogen-bond donors (Lipinski definition) is 0. The highest BCUT2D eigenvalue weighted by atomic mass is 32.2. The maximum absolute atomic E-state index is 13.0. The third kappa shape index (κ3) is 3.63. The molecule has 1 aromatic heterocycles. The van der Waals surface area contributed by atoms with Gasteiger partial charge >= 0.3 is 0 Å². The van der Waals surface area contributed by atoms with Crippen molar-refractivity contribution in [2.45, 2.75) is 24.9 Å². The number of amides is 1. The molecule has 2 heterocycles. The Labute approximate surface area is 170 Å². The van der Waals surface area contributed by atoms with E-state index in [2.05, 4.69) is 4.98 Å². The molecule has 0 radical (unpaired) electrons. The minimum absolute atomic E-state index is 0.00346. The van der Waals surface area contributed by atoms with E-state index in [0.717, 1.165) is 16.8 Å². The molecule has 0 N–H and O–H groups in total. The van der Waals surface area contributed by atoms with Crippen molar-refractivity contribution in [2.75, 3.05) is 22.8 Å². The van der Waals surface area contributed by atoms with Gasteiger partial charge in [0.1, 0.15) is 6.54 Å². The summed E-state index contributed by atoms with van der Waals surface area (Å²) in [5.74, 6) is -0.165. The number of fused-ring (bicyclic) bond motifs is 1. The highest BCUT2D eigenvalue weighted by molar-refractivity contribution is 7.92. The number of rotatable bonds is 5. The fraction of sp³-hybridized carbons (Fsp3) is 0.238. The lowest BCUT2D eigenvalue weighted by Gasteiger charge is -2.18. The standard InChI is InChI=1S/C21H22N4O3S/c1-16-7-9-18(10-8-16)23(2)21(26)14-24-13-20(22-15-24)29(27,28)25-12-11-17-5-3-4-6-19(17)25/h3-10,13,15H,11-12,14H2,1-2H3. The van der Waals surface area contributed by atoms with Crippen LogP contribution in [0.1, 0.15) is 11.1 Å². The van der Waals surface area contributed by atoms with Crippen molar-refractivity contribution in [3.63, 3.8) is 0 Å². The molecule has 8 heteroatoms. The predicted octanol–water partition coefficient (Wildman–Crippen LogP) is 2.61. The Kier molecular flexibility index (Phi) is 4.87. The zero-order valence-electron chi connectivity index (χ0n) is 16.3. The summed E-state index contributed by atoms with van der Waals surface area (Å²) in [4.78, 5) is 18.2. The largest absolute Gasteiger partial charge is 0.327 e. The first-order valence-electron chi connectivity index (χ1n) is 9.32. The first kappa shape index (κ1) is 19.2. The molecule has 2 aromatic carbocycles. The number of hydrogen-bond acceptors (Lipinski definition) is 4. The van der Waals surface area contributed by atoms with Crippen LogP contribution in [0.15, 0.2) is 66.1 Å². The average molecular weight is 410 g/mol. The highest BCUT2D eigenvalue weighted by Crippen LogP contribution is 2.32. The Morgan fingerprint density at radius 2 is 1.86 bits per heavy atom. The SMILES string of the molecule is Cc1ccc(N(C)C(=O)Cn2cnc(S(=O)(=O)N3CCc4ccccc43)c2)cc1. The smallest absolute Gasteiger partial charge is 0.283 e. The fourth-order valence-electron chi connectivity index (χ4n) is 3.40. The molecule has 0 bridgehead atoms. The molecular formula is C21H22N4O3S. The van der Waals surface area contributed by atoms with Crippen LogP contribution < -0.4 is 9.21 Å². The topological polar surface area (TPSA) is 75.5 Å². The molecule has 1 aliphatic rings. The molecule has 1 aliphatic heterocycles.